The summed E-state index contributed by atoms with van der Waals surface area (Å²) in [6.07, 6.45) is 6.40. The second kappa shape index (κ2) is 11.6. The van der Waals surface area contributed by atoms with Crippen LogP contribution in [0, 0.1) is 0 Å². The number of rotatable bonds is 5. The van der Waals surface area contributed by atoms with Crippen molar-refractivity contribution in [2.75, 3.05) is 0 Å². The van der Waals surface area contributed by atoms with Crippen LogP contribution in [0.4, 0.5) is 0 Å². The molecule has 224 valence electrons. The normalized spacial score (nSPS) is 15.0. The van der Waals surface area contributed by atoms with Gasteiger partial charge in [-0.1, -0.05) is 0 Å². The molecule has 0 aromatic heterocycles. The van der Waals surface area contributed by atoms with Crippen LogP contribution in [0.15, 0.2) is 118 Å². The van der Waals surface area contributed by atoms with Crippen molar-refractivity contribution >= 4 is 11.3 Å². The van der Waals surface area contributed by atoms with Gasteiger partial charge in [-0.2, -0.15) is 0 Å². The quantitative estimate of drug-likeness (QED) is 0.185. The summed E-state index contributed by atoms with van der Waals surface area (Å²) < 4.78 is 3.81. The Morgan fingerprint density at radius 1 is 0.636 bits per heavy atom. The Bertz CT molecular complexity index is 1700. The average Bonchev–Trinajstić information content (AvgIpc) is 3.59. The molecule has 2 heteroatoms. The van der Waals surface area contributed by atoms with E-state index in [-0.39, 0.29) is 10.8 Å². The Labute approximate surface area is 275 Å². The van der Waals surface area contributed by atoms with Crippen molar-refractivity contribution in [3.05, 3.63) is 151 Å². The zero-order valence-corrected chi connectivity index (χ0v) is 31.6. The summed E-state index contributed by atoms with van der Waals surface area (Å²) in [6, 6.07) is 37.7. The third kappa shape index (κ3) is 5.98. The minimum absolute atomic E-state index is 0.103. The van der Waals surface area contributed by atoms with Gasteiger partial charge in [-0.3, -0.25) is 0 Å². The molecule has 0 radical (unpaired) electrons. The molecular formula is C42H48SiZr. The molecule has 0 saturated carbocycles. The van der Waals surface area contributed by atoms with E-state index in [0.29, 0.717) is 3.63 Å². The molecule has 44 heavy (non-hydrogen) atoms. The number of hydrogen-bond acceptors (Lipinski definition) is 0. The molecule has 0 amide bonds. The van der Waals surface area contributed by atoms with E-state index >= 15 is 0 Å². The van der Waals surface area contributed by atoms with Crippen molar-refractivity contribution in [1.82, 2.24) is 0 Å². The maximum atomic E-state index is 2.69. The van der Waals surface area contributed by atoms with E-state index in [1.54, 1.807) is 22.8 Å². The van der Waals surface area contributed by atoms with E-state index in [4.69, 9.17) is 0 Å². The summed E-state index contributed by atoms with van der Waals surface area (Å²) in [4.78, 5) is 0. The van der Waals surface area contributed by atoms with E-state index in [2.05, 4.69) is 170 Å². The predicted octanol–water partition coefficient (Wildman–Crippen LogP) is 11.3. The first-order valence-electron chi connectivity index (χ1n) is 16.3. The Hall–Kier alpha value is -2.67. The van der Waals surface area contributed by atoms with Gasteiger partial charge in [-0.15, -0.1) is 0 Å². The standard InChI is InChI=1S/C21H25.C13H10.C8H13Si.Zr/c1-20(2,3)16-9-7-14-11-15-8-10-17(21(4,5)6)13-19(15)18(14)12-16;1-3-7-12(8-4-1)11-13-9-5-2-6-10-13;1-9(2,3)8-6-4-5-7-8;/h7-13H,1-6H3;1-10H;6-7H,4H2,1-3H3;. The number of fused-ring (bicyclic) bond motifs is 3. The third-order valence-corrected chi connectivity index (χ3v) is 19.8. The monoisotopic (exact) mass is 670 g/mol. The van der Waals surface area contributed by atoms with Crippen LogP contribution in [0.1, 0.15) is 85.0 Å². The second-order valence-corrected chi connectivity index (χ2v) is 27.2. The topological polar surface area (TPSA) is 0 Å². The van der Waals surface area contributed by atoms with Gasteiger partial charge in [0.25, 0.3) is 0 Å². The molecule has 0 N–H and O–H groups in total. The fourth-order valence-electron chi connectivity index (χ4n) is 6.91. The zero-order valence-electron chi connectivity index (χ0n) is 28.2. The third-order valence-electron chi connectivity index (χ3n) is 9.52. The van der Waals surface area contributed by atoms with Crippen LogP contribution < -0.4 is 0 Å². The van der Waals surface area contributed by atoms with Gasteiger partial charge in [0.15, 0.2) is 0 Å². The Balaban J connectivity index is 1.72. The van der Waals surface area contributed by atoms with Crippen molar-refractivity contribution in [3.8, 4) is 11.1 Å². The van der Waals surface area contributed by atoms with Gasteiger partial charge in [0.05, 0.1) is 0 Å². The molecule has 0 saturated heterocycles. The van der Waals surface area contributed by atoms with E-state index in [9.17, 15) is 0 Å². The number of benzene rings is 4. The summed E-state index contributed by atoms with van der Waals surface area (Å²) in [7, 11) is -1.44. The molecule has 0 bridgehead atoms. The van der Waals surface area contributed by atoms with E-state index in [0.717, 1.165) is 6.42 Å². The SMILES string of the molecule is CC(C)(C)c1ccc2c(c1)-c1cc(C(C)(C)C)ccc1[CH]2[Zr]([C]1=CC([Si](C)(C)C)=CC1)=[C](c1ccccc1)c1ccccc1. The van der Waals surface area contributed by atoms with Crippen molar-refractivity contribution in [2.24, 2.45) is 0 Å². The van der Waals surface area contributed by atoms with Gasteiger partial charge in [0.1, 0.15) is 0 Å². The summed E-state index contributed by atoms with van der Waals surface area (Å²) in [6.45, 7) is 21.6. The van der Waals surface area contributed by atoms with Gasteiger partial charge in [0.2, 0.25) is 0 Å². The van der Waals surface area contributed by atoms with Crippen LogP contribution in [0.2, 0.25) is 19.6 Å². The Morgan fingerprint density at radius 2 is 1.09 bits per heavy atom. The summed E-state index contributed by atoms with van der Waals surface area (Å²) in [5, 5.41) is 1.63. The molecule has 0 aliphatic heterocycles. The van der Waals surface area contributed by atoms with Gasteiger partial charge < -0.3 is 0 Å². The molecule has 0 fully saturated rings. The average molecular weight is 672 g/mol. The number of allylic oxidation sites excluding steroid dienone is 4. The van der Waals surface area contributed by atoms with Gasteiger partial charge >= 0.3 is 277 Å². The van der Waals surface area contributed by atoms with Crippen LogP contribution in [-0.2, 0) is 32.1 Å². The number of hydrogen-bond donors (Lipinski definition) is 0. The van der Waals surface area contributed by atoms with Crippen LogP contribution in [0.5, 0.6) is 0 Å². The molecular weight excluding hydrogens is 624 g/mol. The molecule has 2 aliphatic rings. The molecule has 0 nitrogen and oxygen atoms in total. The van der Waals surface area contributed by atoms with Gasteiger partial charge in [-0.25, -0.2) is 0 Å². The van der Waals surface area contributed by atoms with Crippen LogP contribution in [0.25, 0.3) is 11.1 Å². The molecule has 2 aliphatic carbocycles. The fourth-order valence-corrected chi connectivity index (χ4v) is 17.7. The molecule has 0 unspecified atom stereocenters. The van der Waals surface area contributed by atoms with Crippen molar-refractivity contribution < 1.29 is 21.3 Å². The van der Waals surface area contributed by atoms with E-state index in [1.807, 2.05) is 0 Å². The molecule has 0 atom stereocenters. The zero-order chi connectivity index (χ0) is 31.4. The van der Waals surface area contributed by atoms with Crippen molar-refractivity contribution in [3.63, 3.8) is 0 Å². The molecule has 4 aromatic rings. The Kier molecular flexibility index (Phi) is 8.26. The van der Waals surface area contributed by atoms with Crippen molar-refractivity contribution in [2.45, 2.75) is 82.1 Å². The van der Waals surface area contributed by atoms with Gasteiger partial charge in [0, 0.05) is 0 Å². The first-order valence-corrected chi connectivity index (χ1v) is 23.7. The fraction of sp³-hybridized carbons (Fsp3) is 0.310. The summed E-state index contributed by atoms with van der Waals surface area (Å²) >= 11 is -2.72. The molecule has 6 rings (SSSR count). The van der Waals surface area contributed by atoms with Crippen LogP contribution >= 0.6 is 0 Å². The van der Waals surface area contributed by atoms with Crippen molar-refractivity contribution in [1.29, 1.82) is 0 Å². The first kappa shape index (κ1) is 31.3. The van der Waals surface area contributed by atoms with Crippen LogP contribution in [-0.4, -0.2) is 11.3 Å². The Morgan fingerprint density at radius 3 is 1.48 bits per heavy atom. The second-order valence-electron chi connectivity index (χ2n) is 15.8. The molecule has 4 aromatic carbocycles. The molecule has 0 heterocycles. The summed E-state index contributed by atoms with van der Waals surface area (Å²) in [5.41, 5.74) is 11.9. The van der Waals surface area contributed by atoms with Gasteiger partial charge in [-0.05, 0) is 0 Å². The van der Waals surface area contributed by atoms with Crippen LogP contribution in [0.3, 0.4) is 0 Å². The first-order chi connectivity index (χ1) is 20.7. The minimum atomic E-state index is -2.72. The van der Waals surface area contributed by atoms with E-state index in [1.165, 1.54) is 33.4 Å². The summed E-state index contributed by atoms with van der Waals surface area (Å²) in [5.74, 6) is 0. The predicted molar refractivity (Wildman–Crippen MR) is 191 cm³/mol. The molecule has 0 spiro atoms. The van der Waals surface area contributed by atoms with E-state index < -0.39 is 29.3 Å². The maximum absolute atomic E-state index is 2.72.